The molecule has 0 saturated carbocycles. The van der Waals surface area contributed by atoms with Crippen LogP contribution in [0.1, 0.15) is 42.9 Å². The summed E-state index contributed by atoms with van der Waals surface area (Å²) in [5, 5.41) is 2.93. The molecular weight excluding hydrogens is 388 g/mol. The molecule has 2 aromatic carbocycles. The number of nitrogens with two attached hydrogens (primary N) is 1. The first-order valence-corrected chi connectivity index (χ1v) is 9.81. The second-order valence-electron chi connectivity index (χ2n) is 6.24. The summed E-state index contributed by atoms with van der Waals surface area (Å²) in [4.78, 5) is 36.9. The van der Waals surface area contributed by atoms with Gasteiger partial charge < -0.3 is 15.8 Å². The lowest BCUT2D eigenvalue weighted by Crippen LogP contribution is -2.17. The van der Waals surface area contributed by atoms with Crippen LogP contribution in [0, 0.1) is 6.92 Å². The zero-order valence-electron chi connectivity index (χ0n) is 16.0. The highest BCUT2D eigenvalue weighted by atomic mass is 32.1. The molecule has 0 aliphatic rings. The minimum atomic E-state index is -0.718. The highest BCUT2D eigenvalue weighted by Gasteiger charge is 2.25. The standard InChI is InChI=1S/C22H20N2O4S/c1-3-28-22(27)18-13(2)17(19(23)25)21(29-18)24-20(26)16-11-9-15(10-12-16)14-7-5-4-6-8-14/h4-12H,3H2,1-2H3,(H2,23,25)(H,24,26). The molecule has 1 heterocycles. The molecule has 3 rings (SSSR count). The predicted molar refractivity (Wildman–Crippen MR) is 113 cm³/mol. The highest BCUT2D eigenvalue weighted by molar-refractivity contribution is 7.18. The van der Waals surface area contributed by atoms with E-state index in [0.717, 1.165) is 22.5 Å². The Kier molecular flexibility index (Phi) is 6.09. The van der Waals surface area contributed by atoms with E-state index in [1.54, 1.807) is 26.0 Å². The molecule has 3 N–H and O–H groups in total. The number of anilines is 1. The molecule has 0 saturated heterocycles. The molecule has 0 unspecified atom stereocenters. The molecule has 0 spiro atoms. The van der Waals surface area contributed by atoms with Gasteiger partial charge in [0.05, 0.1) is 12.2 Å². The quantitative estimate of drug-likeness (QED) is 0.596. The van der Waals surface area contributed by atoms with Crippen molar-refractivity contribution in [3.05, 3.63) is 76.2 Å². The van der Waals surface area contributed by atoms with Crippen LogP contribution in [0.15, 0.2) is 54.6 Å². The van der Waals surface area contributed by atoms with Crippen molar-refractivity contribution >= 4 is 34.1 Å². The molecule has 2 amide bonds. The van der Waals surface area contributed by atoms with Crippen LogP contribution in [0.4, 0.5) is 5.00 Å². The SMILES string of the molecule is CCOC(=O)c1sc(NC(=O)c2ccc(-c3ccccc3)cc2)c(C(N)=O)c1C. The maximum absolute atomic E-state index is 12.7. The average molecular weight is 408 g/mol. The second kappa shape index (κ2) is 8.70. The number of carbonyl (C=O) groups excluding carboxylic acids is 3. The number of thiophene rings is 1. The van der Waals surface area contributed by atoms with Crippen molar-refractivity contribution in [2.45, 2.75) is 13.8 Å². The fraction of sp³-hybridized carbons (Fsp3) is 0.136. The number of carbonyl (C=O) groups is 3. The summed E-state index contributed by atoms with van der Waals surface area (Å²) < 4.78 is 5.01. The molecule has 0 bridgehead atoms. The number of ether oxygens (including phenoxy) is 1. The summed E-state index contributed by atoms with van der Waals surface area (Å²) >= 11 is 0.978. The van der Waals surface area contributed by atoms with Crippen LogP contribution in [-0.4, -0.2) is 24.4 Å². The normalized spacial score (nSPS) is 10.4. The van der Waals surface area contributed by atoms with Gasteiger partial charge in [0.2, 0.25) is 0 Å². The summed E-state index contributed by atoms with van der Waals surface area (Å²) in [5.41, 5.74) is 8.43. The minimum absolute atomic E-state index is 0.118. The lowest BCUT2D eigenvalue weighted by atomic mass is 10.0. The van der Waals surface area contributed by atoms with E-state index in [4.69, 9.17) is 10.5 Å². The first-order valence-electron chi connectivity index (χ1n) is 8.99. The van der Waals surface area contributed by atoms with Gasteiger partial charge in [-0.1, -0.05) is 42.5 Å². The van der Waals surface area contributed by atoms with Gasteiger partial charge in [-0.05, 0) is 42.7 Å². The van der Waals surface area contributed by atoms with Crippen molar-refractivity contribution in [2.75, 3.05) is 11.9 Å². The summed E-state index contributed by atoms with van der Waals surface area (Å²) in [6, 6.07) is 16.9. The molecule has 7 heteroatoms. The molecular formula is C22H20N2O4S. The molecule has 29 heavy (non-hydrogen) atoms. The lowest BCUT2D eigenvalue weighted by Gasteiger charge is -2.06. The van der Waals surface area contributed by atoms with E-state index in [-0.39, 0.29) is 22.0 Å². The number of hydrogen-bond acceptors (Lipinski definition) is 5. The van der Waals surface area contributed by atoms with Crippen molar-refractivity contribution < 1.29 is 19.1 Å². The smallest absolute Gasteiger partial charge is 0.348 e. The molecule has 148 valence electrons. The summed E-state index contributed by atoms with van der Waals surface area (Å²) in [5.74, 6) is -1.67. The van der Waals surface area contributed by atoms with Gasteiger partial charge in [0.25, 0.3) is 11.8 Å². The summed E-state index contributed by atoms with van der Waals surface area (Å²) in [6.45, 7) is 3.50. The van der Waals surface area contributed by atoms with Crippen LogP contribution in [0.3, 0.4) is 0 Å². The third kappa shape index (κ3) is 4.35. The third-order valence-electron chi connectivity index (χ3n) is 4.34. The van der Waals surface area contributed by atoms with Gasteiger partial charge in [-0.25, -0.2) is 4.79 Å². The highest BCUT2D eigenvalue weighted by Crippen LogP contribution is 2.33. The van der Waals surface area contributed by atoms with Gasteiger partial charge in [-0.15, -0.1) is 11.3 Å². The van der Waals surface area contributed by atoms with Gasteiger partial charge in [-0.3, -0.25) is 9.59 Å². The minimum Gasteiger partial charge on any atom is -0.462 e. The first kappa shape index (κ1) is 20.3. The predicted octanol–water partition coefficient (Wildman–Crippen LogP) is 4.25. The molecule has 0 aliphatic carbocycles. The van der Waals surface area contributed by atoms with Crippen molar-refractivity contribution in [3.63, 3.8) is 0 Å². The Morgan fingerprint density at radius 2 is 1.62 bits per heavy atom. The van der Waals surface area contributed by atoms with Crippen LogP contribution in [-0.2, 0) is 4.74 Å². The molecule has 0 fully saturated rings. The molecule has 3 aromatic rings. The zero-order valence-corrected chi connectivity index (χ0v) is 16.8. The Morgan fingerprint density at radius 3 is 2.21 bits per heavy atom. The Balaban J connectivity index is 1.86. The van der Waals surface area contributed by atoms with Crippen LogP contribution in [0.5, 0.6) is 0 Å². The second-order valence-corrected chi connectivity index (χ2v) is 7.26. The van der Waals surface area contributed by atoms with E-state index in [1.165, 1.54) is 0 Å². The fourth-order valence-electron chi connectivity index (χ4n) is 2.91. The third-order valence-corrected chi connectivity index (χ3v) is 5.52. The molecule has 0 radical (unpaired) electrons. The fourth-order valence-corrected chi connectivity index (χ4v) is 4.01. The Bertz CT molecular complexity index is 1060. The van der Waals surface area contributed by atoms with E-state index in [2.05, 4.69) is 5.32 Å². The monoisotopic (exact) mass is 408 g/mol. The first-order chi connectivity index (χ1) is 13.9. The topological polar surface area (TPSA) is 98.5 Å². The van der Waals surface area contributed by atoms with Crippen LogP contribution in [0.25, 0.3) is 11.1 Å². The lowest BCUT2D eigenvalue weighted by molar-refractivity contribution is 0.0531. The van der Waals surface area contributed by atoms with Gasteiger partial charge >= 0.3 is 5.97 Å². The Labute approximate surface area is 172 Å². The van der Waals surface area contributed by atoms with Crippen molar-refractivity contribution in [2.24, 2.45) is 5.73 Å². The van der Waals surface area contributed by atoms with Crippen LogP contribution >= 0.6 is 11.3 Å². The van der Waals surface area contributed by atoms with E-state index >= 15 is 0 Å². The van der Waals surface area contributed by atoms with Gasteiger partial charge in [0.1, 0.15) is 9.88 Å². The largest absolute Gasteiger partial charge is 0.462 e. The van der Waals surface area contributed by atoms with Crippen LogP contribution < -0.4 is 11.1 Å². The maximum Gasteiger partial charge on any atom is 0.348 e. The van der Waals surface area contributed by atoms with Gasteiger partial charge in [0, 0.05) is 5.56 Å². The van der Waals surface area contributed by atoms with Crippen LogP contribution in [0.2, 0.25) is 0 Å². The van der Waals surface area contributed by atoms with Gasteiger partial charge in [-0.2, -0.15) is 0 Å². The van der Waals surface area contributed by atoms with E-state index in [9.17, 15) is 14.4 Å². The number of nitrogens with one attached hydrogen (secondary N) is 1. The average Bonchev–Trinajstić information content (AvgIpc) is 3.05. The van der Waals surface area contributed by atoms with Crippen molar-refractivity contribution in [1.82, 2.24) is 0 Å². The Morgan fingerprint density at radius 1 is 1.00 bits per heavy atom. The van der Waals surface area contributed by atoms with E-state index in [0.29, 0.717) is 11.1 Å². The maximum atomic E-state index is 12.7. The number of amides is 2. The number of esters is 1. The number of hydrogen-bond donors (Lipinski definition) is 2. The van der Waals surface area contributed by atoms with Crippen molar-refractivity contribution in [3.8, 4) is 11.1 Å². The zero-order chi connectivity index (χ0) is 21.0. The van der Waals surface area contributed by atoms with Gasteiger partial charge in [0.15, 0.2) is 0 Å². The molecule has 0 atom stereocenters. The number of rotatable bonds is 6. The number of benzene rings is 2. The van der Waals surface area contributed by atoms with E-state index in [1.807, 2.05) is 42.5 Å². The molecule has 6 nitrogen and oxygen atoms in total. The Hall–Kier alpha value is -3.45. The van der Waals surface area contributed by atoms with E-state index < -0.39 is 17.8 Å². The summed E-state index contributed by atoms with van der Waals surface area (Å²) in [6.07, 6.45) is 0. The molecule has 0 aliphatic heterocycles. The van der Waals surface area contributed by atoms with Crippen molar-refractivity contribution in [1.29, 1.82) is 0 Å². The number of primary amides is 1. The summed E-state index contributed by atoms with van der Waals surface area (Å²) in [7, 11) is 0. The molecule has 1 aromatic heterocycles.